The fraction of sp³-hybridized carbons (Fsp3) is 0.158. The highest BCUT2D eigenvalue weighted by Crippen LogP contribution is 2.22. The number of carbonyl (C=O) groups is 2. The Morgan fingerprint density at radius 1 is 0.958 bits per heavy atom. The van der Waals surface area contributed by atoms with E-state index in [1.807, 2.05) is 44.2 Å². The summed E-state index contributed by atoms with van der Waals surface area (Å²) in [6.45, 7) is 3.93. The van der Waals surface area contributed by atoms with Gasteiger partial charge in [0, 0.05) is 16.5 Å². The van der Waals surface area contributed by atoms with Crippen LogP contribution in [0.2, 0.25) is 0 Å². The van der Waals surface area contributed by atoms with Gasteiger partial charge in [-0.3, -0.25) is 20.4 Å². The van der Waals surface area contributed by atoms with Gasteiger partial charge in [0.1, 0.15) is 5.58 Å². The summed E-state index contributed by atoms with van der Waals surface area (Å²) in [7, 11) is 0. The van der Waals surface area contributed by atoms with Gasteiger partial charge in [-0.25, -0.2) is 0 Å². The average molecular weight is 322 g/mol. The SMILES string of the molecule is Cc1ccc(C(=O)NNC(=O)Cc2coc3ccc(C)cc23)cc1. The minimum atomic E-state index is -0.351. The molecule has 122 valence electrons. The third-order valence-corrected chi connectivity index (χ3v) is 3.79. The Balaban J connectivity index is 1.62. The fourth-order valence-electron chi connectivity index (χ4n) is 2.45. The minimum Gasteiger partial charge on any atom is -0.464 e. The lowest BCUT2D eigenvalue weighted by Crippen LogP contribution is -2.42. The standard InChI is InChI=1S/C19H18N2O3/c1-12-3-6-14(7-4-12)19(23)21-20-18(22)10-15-11-24-17-8-5-13(2)9-16(15)17/h3-9,11H,10H2,1-2H3,(H,20,22)(H,21,23). The van der Waals surface area contributed by atoms with Crippen molar-refractivity contribution < 1.29 is 14.0 Å². The number of hydrogen-bond acceptors (Lipinski definition) is 3. The van der Waals surface area contributed by atoms with Crippen molar-refractivity contribution in [2.75, 3.05) is 0 Å². The van der Waals surface area contributed by atoms with Crippen molar-refractivity contribution in [2.24, 2.45) is 0 Å². The fourth-order valence-corrected chi connectivity index (χ4v) is 2.45. The van der Waals surface area contributed by atoms with E-state index in [9.17, 15) is 9.59 Å². The second kappa shape index (κ2) is 6.58. The number of hydrogen-bond donors (Lipinski definition) is 2. The van der Waals surface area contributed by atoms with Crippen molar-refractivity contribution >= 4 is 22.8 Å². The number of furan rings is 1. The summed E-state index contributed by atoms with van der Waals surface area (Å²) in [5.41, 5.74) is 9.04. The second-order valence-electron chi connectivity index (χ2n) is 5.81. The van der Waals surface area contributed by atoms with E-state index in [-0.39, 0.29) is 18.2 Å². The zero-order valence-electron chi connectivity index (χ0n) is 13.6. The Kier molecular flexibility index (Phi) is 4.33. The first-order chi connectivity index (χ1) is 11.5. The lowest BCUT2D eigenvalue weighted by molar-refractivity contribution is -0.121. The van der Waals surface area contributed by atoms with Crippen LogP contribution < -0.4 is 10.9 Å². The monoisotopic (exact) mass is 322 g/mol. The number of aryl methyl sites for hydroxylation is 2. The first kappa shape index (κ1) is 15.8. The first-order valence-electron chi connectivity index (χ1n) is 7.65. The highest BCUT2D eigenvalue weighted by molar-refractivity contribution is 5.96. The zero-order valence-corrected chi connectivity index (χ0v) is 13.6. The summed E-state index contributed by atoms with van der Waals surface area (Å²) in [6, 6.07) is 12.9. The third-order valence-electron chi connectivity index (χ3n) is 3.79. The smallest absolute Gasteiger partial charge is 0.269 e. The molecule has 1 heterocycles. The van der Waals surface area contributed by atoms with Crippen molar-refractivity contribution in [1.29, 1.82) is 0 Å². The maximum Gasteiger partial charge on any atom is 0.269 e. The minimum absolute atomic E-state index is 0.130. The molecule has 24 heavy (non-hydrogen) atoms. The Morgan fingerprint density at radius 2 is 1.67 bits per heavy atom. The second-order valence-corrected chi connectivity index (χ2v) is 5.81. The molecule has 0 saturated carbocycles. The van der Waals surface area contributed by atoms with E-state index < -0.39 is 0 Å². The molecule has 2 N–H and O–H groups in total. The van der Waals surface area contributed by atoms with Gasteiger partial charge in [-0.2, -0.15) is 0 Å². The number of amides is 2. The molecule has 0 aliphatic heterocycles. The molecule has 0 radical (unpaired) electrons. The molecule has 2 aromatic carbocycles. The molecule has 1 aromatic heterocycles. The van der Waals surface area contributed by atoms with Crippen molar-refractivity contribution in [1.82, 2.24) is 10.9 Å². The topological polar surface area (TPSA) is 71.3 Å². The summed E-state index contributed by atoms with van der Waals surface area (Å²) in [6.07, 6.45) is 1.70. The summed E-state index contributed by atoms with van der Waals surface area (Å²) in [5.74, 6) is -0.657. The van der Waals surface area contributed by atoms with Gasteiger partial charge < -0.3 is 4.42 Å². The highest BCUT2D eigenvalue weighted by Gasteiger charge is 2.12. The van der Waals surface area contributed by atoms with Crippen molar-refractivity contribution in [2.45, 2.75) is 20.3 Å². The van der Waals surface area contributed by atoms with E-state index in [1.54, 1.807) is 18.4 Å². The summed E-state index contributed by atoms with van der Waals surface area (Å²) in [4.78, 5) is 24.0. The Bertz CT molecular complexity index is 895. The van der Waals surface area contributed by atoms with Gasteiger partial charge in [0.2, 0.25) is 5.91 Å². The van der Waals surface area contributed by atoms with Crippen molar-refractivity contribution in [3.05, 3.63) is 71.0 Å². The van der Waals surface area contributed by atoms with Crippen LogP contribution >= 0.6 is 0 Å². The Labute approximate surface area is 139 Å². The van der Waals surface area contributed by atoms with Gasteiger partial charge in [0.25, 0.3) is 5.91 Å². The van der Waals surface area contributed by atoms with Crippen LogP contribution in [0.15, 0.2) is 53.1 Å². The number of benzene rings is 2. The molecular formula is C19H18N2O3. The van der Waals surface area contributed by atoms with E-state index in [1.165, 1.54) is 0 Å². The molecule has 5 nitrogen and oxygen atoms in total. The maximum atomic E-state index is 12.1. The third kappa shape index (κ3) is 3.46. The number of hydrazine groups is 1. The van der Waals surface area contributed by atoms with Crippen LogP contribution in [-0.2, 0) is 11.2 Å². The quantitative estimate of drug-likeness (QED) is 0.728. The van der Waals surface area contributed by atoms with Gasteiger partial charge in [0.05, 0.1) is 12.7 Å². The number of rotatable bonds is 3. The average Bonchev–Trinajstić information content (AvgIpc) is 2.95. The molecule has 0 aliphatic carbocycles. The van der Waals surface area contributed by atoms with E-state index in [4.69, 9.17) is 4.42 Å². The molecule has 0 fully saturated rings. The summed E-state index contributed by atoms with van der Waals surface area (Å²) in [5, 5.41) is 0.912. The predicted octanol–water partition coefficient (Wildman–Crippen LogP) is 3.05. The van der Waals surface area contributed by atoms with Gasteiger partial charge in [-0.1, -0.05) is 29.3 Å². The molecule has 0 spiro atoms. The molecule has 0 unspecified atom stereocenters. The van der Waals surface area contributed by atoms with Crippen LogP contribution in [0.4, 0.5) is 0 Å². The van der Waals surface area contributed by atoms with Crippen LogP contribution in [0, 0.1) is 13.8 Å². The Hall–Kier alpha value is -3.08. The van der Waals surface area contributed by atoms with Gasteiger partial charge in [-0.15, -0.1) is 0 Å². The number of fused-ring (bicyclic) bond motifs is 1. The molecule has 2 amide bonds. The molecular weight excluding hydrogens is 304 g/mol. The van der Waals surface area contributed by atoms with Crippen LogP contribution in [-0.4, -0.2) is 11.8 Å². The van der Waals surface area contributed by atoms with E-state index in [0.717, 1.165) is 27.7 Å². The van der Waals surface area contributed by atoms with E-state index in [0.29, 0.717) is 5.56 Å². The number of carbonyl (C=O) groups excluding carboxylic acids is 2. The molecule has 3 aromatic rings. The van der Waals surface area contributed by atoms with Gasteiger partial charge in [0.15, 0.2) is 0 Å². The van der Waals surface area contributed by atoms with Gasteiger partial charge >= 0.3 is 0 Å². The lowest BCUT2D eigenvalue weighted by Gasteiger charge is -2.07. The molecule has 3 rings (SSSR count). The van der Waals surface area contributed by atoms with Crippen LogP contribution in [0.3, 0.4) is 0 Å². The predicted molar refractivity (Wildman–Crippen MR) is 91.4 cm³/mol. The Morgan fingerprint density at radius 3 is 2.42 bits per heavy atom. The van der Waals surface area contributed by atoms with Gasteiger partial charge in [-0.05, 0) is 38.1 Å². The molecule has 0 saturated heterocycles. The normalized spacial score (nSPS) is 10.6. The largest absolute Gasteiger partial charge is 0.464 e. The summed E-state index contributed by atoms with van der Waals surface area (Å²) >= 11 is 0. The van der Waals surface area contributed by atoms with Crippen LogP contribution in [0.25, 0.3) is 11.0 Å². The van der Waals surface area contributed by atoms with E-state index in [2.05, 4.69) is 10.9 Å². The van der Waals surface area contributed by atoms with Crippen molar-refractivity contribution in [3.63, 3.8) is 0 Å². The highest BCUT2D eigenvalue weighted by atomic mass is 16.3. The number of nitrogens with one attached hydrogen (secondary N) is 2. The maximum absolute atomic E-state index is 12.1. The van der Waals surface area contributed by atoms with Crippen LogP contribution in [0.1, 0.15) is 27.0 Å². The first-order valence-corrected chi connectivity index (χ1v) is 7.65. The molecule has 0 atom stereocenters. The van der Waals surface area contributed by atoms with Crippen LogP contribution in [0.5, 0.6) is 0 Å². The van der Waals surface area contributed by atoms with Crippen molar-refractivity contribution in [3.8, 4) is 0 Å². The van der Waals surface area contributed by atoms with E-state index >= 15 is 0 Å². The molecule has 0 bridgehead atoms. The lowest BCUT2D eigenvalue weighted by atomic mass is 10.1. The molecule has 0 aliphatic rings. The molecule has 5 heteroatoms. The summed E-state index contributed by atoms with van der Waals surface area (Å²) < 4.78 is 5.44. The zero-order chi connectivity index (χ0) is 17.1.